The molecule has 0 saturated heterocycles. The lowest BCUT2D eigenvalue weighted by molar-refractivity contribution is 0.484. The van der Waals surface area contributed by atoms with E-state index in [2.05, 4.69) is 27.6 Å². The van der Waals surface area contributed by atoms with E-state index in [9.17, 15) is 0 Å². The van der Waals surface area contributed by atoms with E-state index in [4.69, 9.17) is 10.5 Å². The van der Waals surface area contributed by atoms with E-state index >= 15 is 0 Å². The Bertz CT molecular complexity index is 738. The highest BCUT2D eigenvalue weighted by molar-refractivity contribution is 14.1. The maximum atomic E-state index is 5.95. The van der Waals surface area contributed by atoms with Gasteiger partial charge in [-0.15, -0.1) is 0 Å². The molecule has 0 spiro atoms. The van der Waals surface area contributed by atoms with Crippen molar-refractivity contribution in [1.82, 2.24) is 4.98 Å². The van der Waals surface area contributed by atoms with E-state index in [1.165, 1.54) is 0 Å². The van der Waals surface area contributed by atoms with Gasteiger partial charge in [-0.1, -0.05) is 18.2 Å². The van der Waals surface area contributed by atoms with E-state index in [0.29, 0.717) is 0 Å². The van der Waals surface area contributed by atoms with Crippen LogP contribution in [0.1, 0.15) is 0 Å². The predicted octanol–water partition coefficient (Wildman–Crippen LogP) is 4.21. The SMILES string of the molecule is Nc1ccc(Oc2cccc3cccnc23)c(I)c1. The van der Waals surface area contributed by atoms with Crippen molar-refractivity contribution < 1.29 is 4.74 Å². The van der Waals surface area contributed by atoms with E-state index in [1.54, 1.807) is 6.20 Å². The summed E-state index contributed by atoms with van der Waals surface area (Å²) in [6, 6.07) is 15.4. The van der Waals surface area contributed by atoms with E-state index in [0.717, 1.165) is 31.7 Å². The molecule has 4 heteroatoms. The second-order valence-electron chi connectivity index (χ2n) is 4.12. The number of rotatable bonds is 2. The fourth-order valence-corrected chi connectivity index (χ4v) is 2.53. The molecule has 19 heavy (non-hydrogen) atoms. The molecule has 0 bridgehead atoms. The van der Waals surface area contributed by atoms with Gasteiger partial charge in [0.15, 0.2) is 5.75 Å². The summed E-state index contributed by atoms with van der Waals surface area (Å²) in [5.74, 6) is 1.54. The number of ether oxygens (including phenoxy) is 1. The third kappa shape index (κ3) is 2.49. The van der Waals surface area contributed by atoms with E-state index in [-0.39, 0.29) is 0 Å². The summed E-state index contributed by atoms with van der Waals surface area (Å²) in [5.41, 5.74) is 7.33. The first-order valence-electron chi connectivity index (χ1n) is 5.81. The summed E-state index contributed by atoms with van der Waals surface area (Å²) in [7, 11) is 0. The topological polar surface area (TPSA) is 48.1 Å². The predicted molar refractivity (Wildman–Crippen MR) is 85.4 cm³/mol. The second kappa shape index (κ2) is 5.05. The minimum absolute atomic E-state index is 0.729. The van der Waals surface area contributed by atoms with Gasteiger partial charge in [-0.2, -0.15) is 0 Å². The summed E-state index contributed by atoms with van der Waals surface area (Å²) in [5, 5.41) is 1.06. The molecule has 0 atom stereocenters. The Morgan fingerprint density at radius 2 is 1.84 bits per heavy atom. The van der Waals surface area contributed by atoms with Gasteiger partial charge in [-0.25, -0.2) is 0 Å². The van der Waals surface area contributed by atoms with Gasteiger partial charge in [0.05, 0.1) is 3.57 Å². The summed E-state index contributed by atoms with van der Waals surface area (Å²) in [6.07, 6.45) is 1.77. The van der Waals surface area contributed by atoms with Crippen LogP contribution in [0.15, 0.2) is 54.7 Å². The maximum Gasteiger partial charge on any atom is 0.153 e. The number of benzene rings is 2. The van der Waals surface area contributed by atoms with Crippen molar-refractivity contribution in [2.24, 2.45) is 0 Å². The van der Waals surface area contributed by atoms with Crippen LogP contribution in [0.25, 0.3) is 10.9 Å². The van der Waals surface area contributed by atoms with Crippen molar-refractivity contribution in [1.29, 1.82) is 0 Å². The van der Waals surface area contributed by atoms with Crippen molar-refractivity contribution in [2.45, 2.75) is 0 Å². The van der Waals surface area contributed by atoms with Gasteiger partial charge in [0.2, 0.25) is 0 Å². The van der Waals surface area contributed by atoms with Gasteiger partial charge in [0, 0.05) is 17.3 Å². The van der Waals surface area contributed by atoms with Crippen molar-refractivity contribution in [3.05, 3.63) is 58.3 Å². The Labute approximate surface area is 124 Å². The highest BCUT2D eigenvalue weighted by atomic mass is 127. The number of halogens is 1. The van der Waals surface area contributed by atoms with Gasteiger partial charge in [0.1, 0.15) is 11.3 Å². The molecule has 0 fully saturated rings. The zero-order valence-corrected chi connectivity index (χ0v) is 12.2. The first-order valence-corrected chi connectivity index (χ1v) is 6.88. The zero-order valence-electron chi connectivity index (χ0n) is 10.0. The van der Waals surface area contributed by atoms with Crippen LogP contribution in [0, 0.1) is 3.57 Å². The largest absolute Gasteiger partial charge is 0.454 e. The van der Waals surface area contributed by atoms with Crippen LogP contribution in [-0.4, -0.2) is 4.98 Å². The second-order valence-corrected chi connectivity index (χ2v) is 5.29. The highest BCUT2D eigenvalue weighted by Crippen LogP contribution is 2.31. The molecular formula is C15H11IN2O. The highest BCUT2D eigenvalue weighted by Gasteiger charge is 2.07. The lowest BCUT2D eigenvalue weighted by atomic mass is 10.2. The molecule has 0 aliphatic rings. The summed E-state index contributed by atoms with van der Waals surface area (Å²) < 4.78 is 6.93. The minimum atomic E-state index is 0.729. The molecule has 3 rings (SSSR count). The number of pyridine rings is 1. The molecule has 3 aromatic rings. The smallest absolute Gasteiger partial charge is 0.153 e. The van der Waals surface area contributed by atoms with Crippen molar-refractivity contribution in [2.75, 3.05) is 5.73 Å². The van der Waals surface area contributed by atoms with Crippen molar-refractivity contribution >= 4 is 39.2 Å². The van der Waals surface area contributed by atoms with Crippen molar-refractivity contribution in [3.8, 4) is 11.5 Å². The summed E-state index contributed by atoms with van der Waals surface area (Å²) in [6.45, 7) is 0. The number of hydrogen-bond acceptors (Lipinski definition) is 3. The van der Waals surface area contributed by atoms with Crippen LogP contribution in [0.3, 0.4) is 0 Å². The quantitative estimate of drug-likeness (QED) is 0.549. The number of nitrogens with zero attached hydrogens (tertiary/aromatic N) is 1. The average Bonchev–Trinajstić information content (AvgIpc) is 2.42. The summed E-state index contributed by atoms with van der Waals surface area (Å²) in [4.78, 5) is 4.37. The fourth-order valence-electron chi connectivity index (χ4n) is 1.88. The third-order valence-electron chi connectivity index (χ3n) is 2.77. The van der Waals surface area contributed by atoms with Gasteiger partial charge in [-0.05, 0) is 52.9 Å². The number of hydrogen-bond donors (Lipinski definition) is 1. The number of anilines is 1. The molecular weight excluding hydrogens is 351 g/mol. The number of fused-ring (bicyclic) bond motifs is 1. The van der Waals surface area contributed by atoms with Gasteiger partial charge in [0.25, 0.3) is 0 Å². The molecule has 0 radical (unpaired) electrons. The van der Waals surface area contributed by atoms with E-state index in [1.807, 2.05) is 48.5 Å². The lowest BCUT2D eigenvalue weighted by Crippen LogP contribution is -1.92. The molecule has 2 N–H and O–H groups in total. The molecule has 0 saturated carbocycles. The number of nitrogens with two attached hydrogens (primary N) is 1. The standard InChI is InChI=1S/C15H11IN2O/c16-12-9-11(17)6-7-13(12)19-14-5-1-3-10-4-2-8-18-15(10)14/h1-9H,17H2. The molecule has 0 aliphatic carbocycles. The molecule has 0 aliphatic heterocycles. The minimum Gasteiger partial charge on any atom is -0.454 e. The Kier molecular flexibility index (Phi) is 3.25. The van der Waals surface area contributed by atoms with Crippen LogP contribution in [0.4, 0.5) is 5.69 Å². The van der Waals surface area contributed by atoms with E-state index < -0.39 is 0 Å². The molecule has 0 unspecified atom stereocenters. The van der Waals surface area contributed by atoms with Crippen LogP contribution < -0.4 is 10.5 Å². The number of nitrogen functional groups attached to an aromatic ring is 1. The van der Waals surface area contributed by atoms with Gasteiger partial charge in [-0.3, -0.25) is 4.98 Å². The maximum absolute atomic E-state index is 5.95. The number of aromatic nitrogens is 1. The molecule has 0 amide bonds. The summed E-state index contributed by atoms with van der Waals surface area (Å²) >= 11 is 2.21. The van der Waals surface area contributed by atoms with Crippen LogP contribution in [0.5, 0.6) is 11.5 Å². The fraction of sp³-hybridized carbons (Fsp3) is 0. The Hall–Kier alpha value is -1.82. The third-order valence-corrected chi connectivity index (χ3v) is 3.61. The number of para-hydroxylation sites is 1. The molecule has 1 aromatic heterocycles. The van der Waals surface area contributed by atoms with Crippen molar-refractivity contribution in [3.63, 3.8) is 0 Å². The van der Waals surface area contributed by atoms with Gasteiger partial charge >= 0.3 is 0 Å². The molecule has 3 nitrogen and oxygen atoms in total. The van der Waals surface area contributed by atoms with Crippen LogP contribution in [-0.2, 0) is 0 Å². The van der Waals surface area contributed by atoms with Crippen LogP contribution >= 0.6 is 22.6 Å². The first kappa shape index (κ1) is 12.2. The zero-order chi connectivity index (χ0) is 13.2. The first-order chi connectivity index (χ1) is 9.24. The Morgan fingerprint density at radius 3 is 2.68 bits per heavy atom. The Balaban J connectivity index is 2.06. The van der Waals surface area contributed by atoms with Crippen LogP contribution in [0.2, 0.25) is 0 Å². The van der Waals surface area contributed by atoms with Gasteiger partial charge < -0.3 is 10.5 Å². The molecule has 94 valence electrons. The lowest BCUT2D eigenvalue weighted by Gasteiger charge is -2.10. The normalized spacial score (nSPS) is 10.6. The monoisotopic (exact) mass is 362 g/mol. The molecule has 2 aromatic carbocycles. The molecule has 1 heterocycles. The Morgan fingerprint density at radius 1 is 1.00 bits per heavy atom. The average molecular weight is 362 g/mol.